The van der Waals surface area contributed by atoms with Crippen LogP contribution < -0.4 is 0 Å². The van der Waals surface area contributed by atoms with E-state index in [2.05, 4.69) is 0 Å². The summed E-state index contributed by atoms with van der Waals surface area (Å²) in [4.78, 5) is 0. The first-order chi connectivity index (χ1) is 8.27. The molecule has 0 bridgehead atoms. The summed E-state index contributed by atoms with van der Waals surface area (Å²) in [5.74, 6) is 0. The van der Waals surface area contributed by atoms with Gasteiger partial charge in [0.25, 0.3) is 0 Å². The van der Waals surface area contributed by atoms with Gasteiger partial charge in [0, 0.05) is 0 Å². The van der Waals surface area contributed by atoms with Gasteiger partial charge in [-0.25, -0.2) is 0 Å². The molecule has 1 N–H and O–H groups in total. The summed E-state index contributed by atoms with van der Waals surface area (Å²) < 4.78 is 0. The molecule has 0 aliphatic heterocycles. The van der Waals surface area contributed by atoms with Crippen molar-refractivity contribution in [1.82, 2.24) is 0 Å². The second-order valence-corrected chi connectivity index (χ2v) is 4.19. The molecule has 2 rings (SSSR count). The number of aliphatic hydroxyl groups excluding tert-OH is 1. The van der Waals surface area contributed by atoms with Crippen molar-refractivity contribution in [3.8, 4) is 0 Å². The third kappa shape index (κ3) is 3.19. The van der Waals surface area contributed by atoms with Crippen molar-refractivity contribution in [2.24, 2.45) is 0 Å². The number of hydrogen-bond acceptors (Lipinski definition) is 1. The van der Waals surface area contributed by atoms with E-state index in [9.17, 15) is 5.11 Å². The first-order valence-electron chi connectivity index (χ1n) is 5.42. The number of aliphatic hydroxyl groups is 1. The molecule has 0 aliphatic rings. The van der Waals surface area contributed by atoms with Gasteiger partial charge >= 0.3 is 0 Å². The molecule has 1 unspecified atom stereocenters. The van der Waals surface area contributed by atoms with E-state index in [1.165, 1.54) is 0 Å². The van der Waals surface area contributed by atoms with Crippen LogP contribution in [0, 0.1) is 0 Å². The smallest absolute Gasteiger partial charge is 0.115 e. The van der Waals surface area contributed by atoms with Gasteiger partial charge in [0.15, 0.2) is 0 Å². The zero-order valence-corrected chi connectivity index (χ0v) is 10.0. The minimum atomic E-state index is -0.766. The summed E-state index contributed by atoms with van der Waals surface area (Å²) in [6.45, 7) is 0. The SMILES string of the molecule is OC(/C(Cl)=C/c1ccccc1)c1ccccc1. The minimum Gasteiger partial charge on any atom is -0.383 e. The summed E-state index contributed by atoms with van der Waals surface area (Å²) in [7, 11) is 0. The maximum absolute atomic E-state index is 10.1. The van der Waals surface area contributed by atoms with Crippen LogP contribution in [0.2, 0.25) is 0 Å². The fourth-order valence-electron chi connectivity index (χ4n) is 1.58. The van der Waals surface area contributed by atoms with Crippen LogP contribution in [0.25, 0.3) is 6.08 Å². The van der Waals surface area contributed by atoms with Crippen molar-refractivity contribution in [2.45, 2.75) is 6.10 Å². The topological polar surface area (TPSA) is 20.2 Å². The molecule has 2 aromatic rings. The van der Waals surface area contributed by atoms with E-state index in [-0.39, 0.29) is 0 Å². The van der Waals surface area contributed by atoms with Gasteiger partial charge in [0.05, 0.1) is 5.03 Å². The second-order valence-electron chi connectivity index (χ2n) is 3.75. The predicted molar refractivity (Wildman–Crippen MR) is 71.7 cm³/mol. The molecule has 0 saturated heterocycles. The summed E-state index contributed by atoms with van der Waals surface area (Å²) in [5, 5.41) is 10.5. The van der Waals surface area contributed by atoms with Gasteiger partial charge in [-0.1, -0.05) is 72.3 Å². The molecule has 0 amide bonds. The van der Waals surface area contributed by atoms with E-state index < -0.39 is 6.10 Å². The highest BCUT2D eigenvalue weighted by Crippen LogP contribution is 2.26. The van der Waals surface area contributed by atoms with Gasteiger partial charge in [0.2, 0.25) is 0 Å². The normalized spacial score (nSPS) is 13.4. The minimum absolute atomic E-state index is 0.419. The summed E-state index contributed by atoms with van der Waals surface area (Å²) >= 11 is 6.11. The molecule has 0 spiro atoms. The Labute approximate surface area is 106 Å². The van der Waals surface area contributed by atoms with Gasteiger partial charge in [-0.15, -0.1) is 0 Å². The molecular weight excluding hydrogens is 232 g/mol. The van der Waals surface area contributed by atoms with Crippen molar-refractivity contribution < 1.29 is 5.11 Å². The van der Waals surface area contributed by atoms with Crippen LogP contribution in [0.4, 0.5) is 0 Å². The summed E-state index contributed by atoms with van der Waals surface area (Å²) in [6.07, 6.45) is 1.01. The largest absolute Gasteiger partial charge is 0.383 e. The lowest BCUT2D eigenvalue weighted by molar-refractivity contribution is 0.225. The standard InChI is InChI=1S/C15H13ClO/c16-14(11-12-7-3-1-4-8-12)15(17)13-9-5-2-6-10-13/h1-11,15,17H/b14-11-. The highest BCUT2D eigenvalue weighted by atomic mass is 35.5. The van der Waals surface area contributed by atoms with Crippen LogP contribution in [-0.2, 0) is 0 Å². The first kappa shape index (κ1) is 11.9. The molecule has 1 atom stereocenters. The lowest BCUT2D eigenvalue weighted by Gasteiger charge is -2.09. The van der Waals surface area contributed by atoms with E-state index in [0.717, 1.165) is 11.1 Å². The van der Waals surface area contributed by atoms with Gasteiger partial charge in [-0.05, 0) is 17.2 Å². The van der Waals surface area contributed by atoms with E-state index >= 15 is 0 Å². The highest BCUT2D eigenvalue weighted by molar-refractivity contribution is 6.32. The van der Waals surface area contributed by atoms with Crippen LogP contribution in [0.3, 0.4) is 0 Å². The Bertz CT molecular complexity index is 491. The third-order valence-electron chi connectivity index (χ3n) is 2.48. The van der Waals surface area contributed by atoms with Crippen molar-refractivity contribution in [3.63, 3.8) is 0 Å². The average Bonchev–Trinajstić information content (AvgIpc) is 2.40. The van der Waals surface area contributed by atoms with Gasteiger partial charge in [0.1, 0.15) is 6.10 Å². The monoisotopic (exact) mass is 244 g/mol. The van der Waals surface area contributed by atoms with E-state index in [4.69, 9.17) is 11.6 Å². The van der Waals surface area contributed by atoms with Crippen LogP contribution in [0.15, 0.2) is 65.7 Å². The van der Waals surface area contributed by atoms with Crippen LogP contribution in [-0.4, -0.2) is 5.11 Å². The molecule has 2 aromatic carbocycles. The van der Waals surface area contributed by atoms with Gasteiger partial charge in [-0.2, -0.15) is 0 Å². The number of hydrogen-bond donors (Lipinski definition) is 1. The maximum atomic E-state index is 10.1. The van der Waals surface area contributed by atoms with E-state index in [1.54, 1.807) is 6.08 Å². The predicted octanol–water partition coefficient (Wildman–Crippen LogP) is 4.00. The van der Waals surface area contributed by atoms with Crippen LogP contribution >= 0.6 is 11.6 Å². The Balaban J connectivity index is 2.21. The number of benzene rings is 2. The molecule has 1 nitrogen and oxygen atoms in total. The number of halogens is 1. The van der Waals surface area contributed by atoms with E-state index in [1.807, 2.05) is 60.7 Å². The van der Waals surface area contributed by atoms with Crippen LogP contribution in [0.1, 0.15) is 17.2 Å². The lowest BCUT2D eigenvalue weighted by atomic mass is 10.1. The van der Waals surface area contributed by atoms with Gasteiger partial charge < -0.3 is 5.11 Å². The average molecular weight is 245 g/mol. The molecule has 17 heavy (non-hydrogen) atoms. The molecule has 0 aromatic heterocycles. The Morgan fingerprint density at radius 3 is 2.06 bits per heavy atom. The maximum Gasteiger partial charge on any atom is 0.115 e. The molecule has 0 saturated carbocycles. The van der Waals surface area contributed by atoms with Crippen LogP contribution in [0.5, 0.6) is 0 Å². The molecule has 0 fully saturated rings. The molecular formula is C15H13ClO. The Morgan fingerprint density at radius 2 is 1.47 bits per heavy atom. The van der Waals surface area contributed by atoms with Crippen molar-refractivity contribution >= 4 is 17.7 Å². The number of rotatable bonds is 3. The summed E-state index contributed by atoms with van der Waals surface area (Å²) in [5.41, 5.74) is 1.78. The van der Waals surface area contributed by atoms with E-state index in [0.29, 0.717) is 5.03 Å². The zero-order chi connectivity index (χ0) is 12.1. The second kappa shape index (κ2) is 5.67. The quantitative estimate of drug-likeness (QED) is 0.865. The first-order valence-corrected chi connectivity index (χ1v) is 5.80. The molecule has 2 heteroatoms. The highest BCUT2D eigenvalue weighted by Gasteiger charge is 2.10. The molecule has 86 valence electrons. The fraction of sp³-hybridized carbons (Fsp3) is 0.0667. The Hall–Kier alpha value is -1.57. The van der Waals surface area contributed by atoms with Crippen molar-refractivity contribution in [3.05, 3.63) is 76.8 Å². The summed E-state index contributed by atoms with van der Waals surface area (Å²) in [6, 6.07) is 19.1. The third-order valence-corrected chi connectivity index (χ3v) is 2.80. The lowest BCUT2D eigenvalue weighted by Crippen LogP contribution is -1.96. The van der Waals surface area contributed by atoms with Gasteiger partial charge in [-0.3, -0.25) is 0 Å². The molecule has 0 heterocycles. The molecule has 0 radical (unpaired) electrons. The Morgan fingerprint density at radius 1 is 0.941 bits per heavy atom. The fourth-order valence-corrected chi connectivity index (χ4v) is 1.83. The van der Waals surface area contributed by atoms with Crippen molar-refractivity contribution in [2.75, 3.05) is 0 Å². The van der Waals surface area contributed by atoms with Crippen molar-refractivity contribution in [1.29, 1.82) is 0 Å². The zero-order valence-electron chi connectivity index (χ0n) is 9.25. The molecule has 0 aliphatic carbocycles. The Kier molecular flexibility index (Phi) is 3.97.